The first kappa shape index (κ1) is 14.6. The van der Waals surface area contributed by atoms with Crippen molar-refractivity contribution in [2.75, 3.05) is 6.54 Å². The number of thioether (sulfide) groups is 1. The molecule has 0 fully saturated rings. The summed E-state index contributed by atoms with van der Waals surface area (Å²) in [4.78, 5) is 1.35. The van der Waals surface area contributed by atoms with Crippen LogP contribution in [-0.2, 0) is 0 Å². The topological polar surface area (TPSA) is 26.0 Å². The zero-order chi connectivity index (χ0) is 12.7. The molecule has 96 valence electrons. The van der Waals surface area contributed by atoms with Gasteiger partial charge in [0.15, 0.2) is 0 Å². The van der Waals surface area contributed by atoms with Gasteiger partial charge in [-0.3, -0.25) is 0 Å². The van der Waals surface area contributed by atoms with Gasteiger partial charge in [-0.2, -0.15) is 0 Å². The average Bonchev–Trinajstić information content (AvgIpc) is 2.33. The maximum atomic E-state index is 6.04. The van der Waals surface area contributed by atoms with E-state index in [0.717, 1.165) is 6.54 Å². The van der Waals surface area contributed by atoms with E-state index in [1.54, 1.807) is 0 Å². The molecule has 0 radical (unpaired) electrons. The quantitative estimate of drug-likeness (QED) is 0.728. The number of hydrogen-bond donors (Lipinski definition) is 1. The first-order valence-corrected chi connectivity index (χ1v) is 7.43. The fourth-order valence-electron chi connectivity index (χ4n) is 2.24. The van der Waals surface area contributed by atoms with Crippen molar-refractivity contribution in [3.63, 3.8) is 0 Å². The highest BCUT2D eigenvalue weighted by Crippen LogP contribution is 2.39. The van der Waals surface area contributed by atoms with Crippen LogP contribution < -0.4 is 5.73 Å². The van der Waals surface area contributed by atoms with E-state index in [2.05, 4.69) is 45.0 Å². The molecule has 1 aromatic carbocycles. The SMILES string of the molecule is CCCC(CN)(CCC)Sc1ccc(C)cc1. The summed E-state index contributed by atoms with van der Waals surface area (Å²) in [5, 5.41) is 0. The Bertz CT molecular complexity index is 312. The Morgan fingerprint density at radius 2 is 1.59 bits per heavy atom. The van der Waals surface area contributed by atoms with Gasteiger partial charge in [-0.25, -0.2) is 0 Å². The molecule has 0 heterocycles. The zero-order valence-electron chi connectivity index (χ0n) is 11.3. The molecule has 0 aliphatic carbocycles. The van der Waals surface area contributed by atoms with Gasteiger partial charge in [-0.15, -0.1) is 11.8 Å². The van der Waals surface area contributed by atoms with E-state index in [9.17, 15) is 0 Å². The lowest BCUT2D eigenvalue weighted by Gasteiger charge is -2.31. The van der Waals surface area contributed by atoms with Crippen LogP contribution in [0.1, 0.15) is 45.1 Å². The van der Waals surface area contributed by atoms with E-state index in [-0.39, 0.29) is 4.75 Å². The monoisotopic (exact) mass is 251 g/mol. The molecule has 0 atom stereocenters. The maximum absolute atomic E-state index is 6.04. The van der Waals surface area contributed by atoms with Gasteiger partial charge in [0.25, 0.3) is 0 Å². The summed E-state index contributed by atoms with van der Waals surface area (Å²) in [6.07, 6.45) is 4.82. The average molecular weight is 251 g/mol. The van der Waals surface area contributed by atoms with E-state index in [0.29, 0.717) is 0 Å². The second-order valence-electron chi connectivity index (χ2n) is 4.80. The first-order valence-electron chi connectivity index (χ1n) is 6.61. The van der Waals surface area contributed by atoms with E-state index in [1.807, 2.05) is 11.8 Å². The Labute approximate surface area is 110 Å². The normalized spacial score (nSPS) is 11.8. The summed E-state index contributed by atoms with van der Waals surface area (Å²) in [6, 6.07) is 8.80. The highest BCUT2D eigenvalue weighted by atomic mass is 32.2. The van der Waals surface area contributed by atoms with Crippen LogP contribution in [0.4, 0.5) is 0 Å². The van der Waals surface area contributed by atoms with Gasteiger partial charge in [-0.05, 0) is 31.9 Å². The minimum atomic E-state index is 0.235. The molecular weight excluding hydrogens is 226 g/mol. The molecule has 0 aliphatic rings. The second kappa shape index (κ2) is 7.07. The van der Waals surface area contributed by atoms with Crippen LogP contribution in [0.25, 0.3) is 0 Å². The van der Waals surface area contributed by atoms with Crippen LogP contribution in [0.5, 0.6) is 0 Å². The van der Waals surface area contributed by atoms with Crippen LogP contribution in [-0.4, -0.2) is 11.3 Å². The van der Waals surface area contributed by atoms with Crippen molar-refractivity contribution in [3.8, 4) is 0 Å². The van der Waals surface area contributed by atoms with Crippen molar-refractivity contribution in [1.29, 1.82) is 0 Å². The summed E-state index contributed by atoms with van der Waals surface area (Å²) in [5.74, 6) is 0. The van der Waals surface area contributed by atoms with Crippen molar-refractivity contribution in [1.82, 2.24) is 0 Å². The predicted octanol–water partition coefficient (Wildman–Crippen LogP) is 4.38. The second-order valence-corrected chi connectivity index (χ2v) is 6.34. The number of aryl methyl sites for hydroxylation is 1. The first-order chi connectivity index (χ1) is 8.15. The fourth-order valence-corrected chi connectivity index (χ4v) is 3.71. The summed E-state index contributed by atoms with van der Waals surface area (Å²) in [6.45, 7) is 7.39. The molecule has 0 amide bonds. The summed E-state index contributed by atoms with van der Waals surface area (Å²) < 4.78 is 0.235. The van der Waals surface area contributed by atoms with Gasteiger partial charge in [0.1, 0.15) is 0 Å². The third-order valence-electron chi connectivity index (χ3n) is 3.14. The molecule has 0 saturated carbocycles. The summed E-state index contributed by atoms with van der Waals surface area (Å²) in [7, 11) is 0. The van der Waals surface area contributed by atoms with Crippen LogP contribution in [0.3, 0.4) is 0 Å². The fraction of sp³-hybridized carbons (Fsp3) is 0.600. The van der Waals surface area contributed by atoms with Gasteiger partial charge in [0, 0.05) is 16.2 Å². The highest BCUT2D eigenvalue weighted by Gasteiger charge is 2.27. The molecule has 17 heavy (non-hydrogen) atoms. The van der Waals surface area contributed by atoms with E-state index in [4.69, 9.17) is 5.73 Å². The van der Waals surface area contributed by atoms with E-state index >= 15 is 0 Å². The molecule has 1 nitrogen and oxygen atoms in total. The Morgan fingerprint density at radius 1 is 1.06 bits per heavy atom. The van der Waals surface area contributed by atoms with E-state index in [1.165, 1.54) is 36.1 Å². The molecule has 0 bridgehead atoms. The van der Waals surface area contributed by atoms with Crippen LogP contribution in [0.15, 0.2) is 29.2 Å². The third kappa shape index (κ3) is 4.36. The molecule has 2 heteroatoms. The largest absolute Gasteiger partial charge is 0.329 e. The molecule has 0 unspecified atom stereocenters. The van der Waals surface area contributed by atoms with Crippen LogP contribution in [0, 0.1) is 6.92 Å². The summed E-state index contributed by atoms with van der Waals surface area (Å²) in [5.41, 5.74) is 7.36. The molecule has 0 saturated heterocycles. The van der Waals surface area contributed by atoms with Gasteiger partial charge >= 0.3 is 0 Å². The zero-order valence-corrected chi connectivity index (χ0v) is 12.1. The minimum absolute atomic E-state index is 0.235. The van der Waals surface area contributed by atoms with Crippen molar-refractivity contribution in [2.24, 2.45) is 5.73 Å². The van der Waals surface area contributed by atoms with E-state index < -0.39 is 0 Å². The number of rotatable bonds is 7. The molecule has 2 N–H and O–H groups in total. The number of hydrogen-bond acceptors (Lipinski definition) is 2. The van der Waals surface area contributed by atoms with Crippen molar-refractivity contribution < 1.29 is 0 Å². The number of benzene rings is 1. The Balaban J connectivity index is 2.80. The molecule has 0 aromatic heterocycles. The van der Waals surface area contributed by atoms with Gasteiger partial charge in [0.05, 0.1) is 0 Å². The summed E-state index contributed by atoms with van der Waals surface area (Å²) >= 11 is 1.97. The smallest absolute Gasteiger partial charge is 0.0329 e. The molecule has 0 spiro atoms. The molecule has 1 rings (SSSR count). The lowest BCUT2D eigenvalue weighted by Crippen LogP contribution is -2.34. The van der Waals surface area contributed by atoms with Gasteiger partial charge in [-0.1, -0.05) is 44.4 Å². The number of nitrogens with two attached hydrogens (primary N) is 1. The lowest BCUT2D eigenvalue weighted by molar-refractivity contribution is 0.498. The Morgan fingerprint density at radius 3 is 2.00 bits per heavy atom. The molecular formula is C15H25NS. The van der Waals surface area contributed by atoms with Crippen molar-refractivity contribution in [3.05, 3.63) is 29.8 Å². The Kier molecular flexibility index (Phi) is 6.07. The predicted molar refractivity (Wildman–Crippen MR) is 78.6 cm³/mol. The minimum Gasteiger partial charge on any atom is -0.329 e. The van der Waals surface area contributed by atoms with Gasteiger partial charge < -0.3 is 5.73 Å². The standard InChI is InChI=1S/C15H25NS/c1-4-10-15(12-16,11-5-2)17-14-8-6-13(3)7-9-14/h6-9H,4-5,10-12,16H2,1-3H3. The van der Waals surface area contributed by atoms with Crippen LogP contribution in [0.2, 0.25) is 0 Å². The van der Waals surface area contributed by atoms with Crippen molar-refractivity contribution >= 4 is 11.8 Å². The molecule has 1 aromatic rings. The highest BCUT2D eigenvalue weighted by molar-refractivity contribution is 8.00. The molecule has 0 aliphatic heterocycles. The lowest BCUT2D eigenvalue weighted by atomic mass is 9.97. The maximum Gasteiger partial charge on any atom is 0.0329 e. The van der Waals surface area contributed by atoms with Gasteiger partial charge in [0.2, 0.25) is 0 Å². The van der Waals surface area contributed by atoms with Crippen molar-refractivity contribution in [2.45, 2.75) is 56.1 Å². The Hall–Kier alpha value is -0.470. The third-order valence-corrected chi connectivity index (χ3v) is 4.65. The van der Waals surface area contributed by atoms with Crippen LogP contribution >= 0.6 is 11.8 Å².